The Balaban J connectivity index is 1.97. The summed E-state index contributed by atoms with van der Waals surface area (Å²) < 4.78 is 32.8. The van der Waals surface area contributed by atoms with Gasteiger partial charge in [0.15, 0.2) is 0 Å². The van der Waals surface area contributed by atoms with Crippen LogP contribution in [0, 0.1) is 11.3 Å². The van der Waals surface area contributed by atoms with E-state index in [-0.39, 0.29) is 18.3 Å². The first-order valence-corrected chi connectivity index (χ1v) is 10.7. The van der Waals surface area contributed by atoms with Crippen LogP contribution in [-0.2, 0) is 20.5 Å². The number of benzene rings is 1. The number of hydrogen-bond acceptors (Lipinski definition) is 5. The Labute approximate surface area is 161 Å². The van der Waals surface area contributed by atoms with Gasteiger partial charge in [0.25, 0.3) is 0 Å². The number of carbonyl (C=O) groups is 1. The Bertz CT molecular complexity index is 792. The first kappa shape index (κ1) is 21.2. The average Bonchev–Trinajstić information content (AvgIpc) is 2.59. The molecule has 1 saturated heterocycles. The van der Waals surface area contributed by atoms with Crippen molar-refractivity contribution >= 4 is 16.1 Å². The third-order valence-electron chi connectivity index (χ3n) is 4.23. The number of hydrogen-bond donors (Lipinski definition) is 1. The fourth-order valence-corrected chi connectivity index (χ4v) is 4.12. The molecule has 1 fully saturated rings. The van der Waals surface area contributed by atoms with Crippen LogP contribution in [0.5, 0.6) is 0 Å². The first-order valence-electron chi connectivity index (χ1n) is 9.06. The van der Waals surface area contributed by atoms with Crippen molar-refractivity contribution in [3.8, 4) is 6.07 Å². The van der Waals surface area contributed by atoms with Crippen LogP contribution in [0.3, 0.4) is 0 Å². The number of amides is 1. The van der Waals surface area contributed by atoms with E-state index >= 15 is 0 Å². The molecule has 0 radical (unpaired) electrons. The van der Waals surface area contributed by atoms with Gasteiger partial charge >= 0.3 is 6.09 Å². The molecule has 1 N–H and O–H groups in total. The summed E-state index contributed by atoms with van der Waals surface area (Å²) >= 11 is 0. The molecule has 148 valence electrons. The summed E-state index contributed by atoms with van der Waals surface area (Å²) in [5, 5.41) is 8.81. The van der Waals surface area contributed by atoms with Gasteiger partial charge in [-0.15, -0.1) is 0 Å². The second-order valence-corrected chi connectivity index (χ2v) is 9.55. The van der Waals surface area contributed by atoms with Crippen molar-refractivity contribution < 1.29 is 17.9 Å². The molecule has 0 aliphatic carbocycles. The molecular formula is C19H27N3O4S. The molecule has 0 bridgehead atoms. The molecule has 27 heavy (non-hydrogen) atoms. The van der Waals surface area contributed by atoms with E-state index in [9.17, 15) is 13.2 Å². The van der Waals surface area contributed by atoms with Crippen LogP contribution in [0.4, 0.5) is 4.79 Å². The molecule has 2 rings (SSSR count). The van der Waals surface area contributed by atoms with E-state index in [2.05, 4.69) is 4.72 Å². The number of likely N-dealkylation sites (tertiary alicyclic amines) is 1. The van der Waals surface area contributed by atoms with Crippen LogP contribution in [0.15, 0.2) is 24.3 Å². The van der Waals surface area contributed by atoms with Crippen molar-refractivity contribution in [1.29, 1.82) is 5.26 Å². The maximum Gasteiger partial charge on any atom is 0.410 e. The van der Waals surface area contributed by atoms with Crippen LogP contribution in [-0.4, -0.2) is 44.1 Å². The Kier molecular flexibility index (Phi) is 6.84. The van der Waals surface area contributed by atoms with E-state index in [1.54, 1.807) is 29.2 Å². The fraction of sp³-hybridized carbons (Fsp3) is 0.579. The number of rotatable bonds is 5. The fourth-order valence-electron chi connectivity index (χ4n) is 2.94. The monoisotopic (exact) mass is 393 g/mol. The quantitative estimate of drug-likeness (QED) is 0.829. The minimum atomic E-state index is -3.55. The second-order valence-electron chi connectivity index (χ2n) is 7.74. The molecule has 0 aromatic heterocycles. The third-order valence-corrected chi connectivity index (χ3v) is 5.55. The van der Waals surface area contributed by atoms with E-state index in [1.807, 2.05) is 26.8 Å². The summed E-state index contributed by atoms with van der Waals surface area (Å²) in [6.45, 7) is 6.16. The largest absolute Gasteiger partial charge is 0.444 e. The lowest BCUT2D eigenvalue weighted by atomic mass is 10.0. The first-order chi connectivity index (χ1) is 12.6. The lowest BCUT2D eigenvalue weighted by molar-refractivity contribution is 0.0105. The van der Waals surface area contributed by atoms with Gasteiger partial charge in [-0.1, -0.05) is 12.1 Å². The normalized spacial score (nSPS) is 18.0. The second kappa shape index (κ2) is 8.72. The van der Waals surface area contributed by atoms with E-state index < -0.39 is 21.7 Å². The van der Waals surface area contributed by atoms with Crippen molar-refractivity contribution in [3.05, 3.63) is 35.4 Å². The number of nitrogens with zero attached hydrogens (tertiary/aromatic N) is 2. The van der Waals surface area contributed by atoms with Crippen LogP contribution >= 0.6 is 0 Å². The van der Waals surface area contributed by atoms with Crippen LogP contribution in [0.2, 0.25) is 0 Å². The smallest absolute Gasteiger partial charge is 0.410 e. The Hall–Kier alpha value is -2.11. The Morgan fingerprint density at radius 3 is 2.56 bits per heavy atom. The molecule has 8 heteroatoms. The highest BCUT2D eigenvalue weighted by Gasteiger charge is 2.31. The van der Waals surface area contributed by atoms with Crippen LogP contribution < -0.4 is 4.72 Å². The Morgan fingerprint density at radius 2 is 1.96 bits per heavy atom. The summed E-state index contributed by atoms with van der Waals surface area (Å²) in [5.41, 5.74) is 0.502. The van der Waals surface area contributed by atoms with Crippen molar-refractivity contribution in [2.75, 3.05) is 13.1 Å². The molecule has 1 aromatic carbocycles. The molecule has 1 amide bonds. The van der Waals surface area contributed by atoms with E-state index in [0.717, 1.165) is 19.3 Å². The van der Waals surface area contributed by atoms with Crippen LogP contribution in [0.25, 0.3) is 0 Å². The number of nitriles is 1. The molecule has 0 unspecified atom stereocenters. The highest BCUT2D eigenvalue weighted by atomic mass is 32.2. The summed E-state index contributed by atoms with van der Waals surface area (Å²) in [6.07, 6.45) is 2.16. The molecule has 1 aromatic rings. The van der Waals surface area contributed by atoms with Gasteiger partial charge in [0.2, 0.25) is 10.0 Å². The summed E-state index contributed by atoms with van der Waals surface area (Å²) in [4.78, 5) is 14.0. The molecule has 1 atom stereocenters. The summed E-state index contributed by atoms with van der Waals surface area (Å²) in [7, 11) is -3.55. The zero-order valence-electron chi connectivity index (χ0n) is 16.1. The predicted octanol–water partition coefficient (Wildman–Crippen LogP) is 2.77. The highest BCUT2D eigenvalue weighted by molar-refractivity contribution is 7.88. The maximum atomic E-state index is 12.4. The molecular weight excluding hydrogens is 366 g/mol. The minimum absolute atomic E-state index is 0.165. The molecule has 1 aliphatic heterocycles. The van der Waals surface area contributed by atoms with Gasteiger partial charge < -0.3 is 9.64 Å². The van der Waals surface area contributed by atoms with E-state index in [0.29, 0.717) is 17.7 Å². The van der Waals surface area contributed by atoms with Crippen LogP contribution in [0.1, 0.15) is 51.2 Å². The molecule has 0 saturated carbocycles. The van der Waals surface area contributed by atoms with Gasteiger partial charge in [-0.25, -0.2) is 17.9 Å². The van der Waals surface area contributed by atoms with Gasteiger partial charge in [-0.3, -0.25) is 0 Å². The predicted molar refractivity (Wildman–Crippen MR) is 102 cm³/mol. The van der Waals surface area contributed by atoms with Gasteiger partial charge in [0.05, 0.1) is 17.4 Å². The van der Waals surface area contributed by atoms with Gasteiger partial charge in [0, 0.05) is 19.1 Å². The molecule has 1 aliphatic rings. The lowest BCUT2D eigenvalue weighted by Crippen LogP contribution is -2.50. The lowest BCUT2D eigenvalue weighted by Gasteiger charge is -2.36. The average molecular weight is 394 g/mol. The number of sulfonamides is 1. The molecule has 7 nitrogen and oxygen atoms in total. The maximum absolute atomic E-state index is 12.4. The summed E-state index contributed by atoms with van der Waals surface area (Å²) in [6, 6.07) is 8.23. The molecule has 1 heterocycles. The van der Waals surface area contributed by atoms with Crippen molar-refractivity contribution in [2.24, 2.45) is 0 Å². The van der Waals surface area contributed by atoms with Crippen molar-refractivity contribution in [1.82, 2.24) is 9.62 Å². The van der Waals surface area contributed by atoms with Gasteiger partial charge in [-0.2, -0.15) is 5.26 Å². The van der Waals surface area contributed by atoms with E-state index in [4.69, 9.17) is 10.00 Å². The zero-order chi connectivity index (χ0) is 20.1. The number of ether oxygens (including phenoxy) is 1. The van der Waals surface area contributed by atoms with E-state index in [1.165, 1.54) is 0 Å². The van der Waals surface area contributed by atoms with Crippen molar-refractivity contribution in [3.63, 3.8) is 0 Å². The summed E-state index contributed by atoms with van der Waals surface area (Å²) in [5.74, 6) is -0.169. The van der Waals surface area contributed by atoms with Gasteiger partial charge in [-0.05, 0) is 57.7 Å². The number of nitrogens with one attached hydrogen (secondary N) is 1. The third kappa shape index (κ3) is 6.85. The van der Waals surface area contributed by atoms with Gasteiger partial charge in [0.1, 0.15) is 5.60 Å². The highest BCUT2D eigenvalue weighted by Crippen LogP contribution is 2.20. The van der Waals surface area contributed by atoms with Crippen molar-refractivity contribution in [2.45, 2.75) is 57.4 Å². The SMILES string of the molecule is CC(C)(C)OC(=O)N1CCCC[C@H]1CNS(=O)(=O)Cc1ccc(C#N)cc1. The number of carbonyl (C=O) groups excluding carboxylic acids is 1. The standard InChI is InChI=1S/C19H27N3O4S/c1-19(2,3)26-18(23)22-11-5-4-6-17(22)13-21-27(24,25)14-16-9-7-15(12-20)8-10-16/h7-10,17,21H,4-6,11,13-14H2,1-3H3/t17-/m0/s1. The Morgan fingerprint density at radius 1 is 1.30 bits per heavy atom. The topological polar surface area (TPSA) is 99.5 Å². The zero-order valence-corrected chi connectivity index (χ0v) is 16.9. The molecule has 0 spiro atoms. The minimum Gasteiger partial charge on any atom is -0.444 e. The number of piperidine rings is 1.